The fraction of sp³-hybridized carbons (Fsp3) is 0.385. The molecule has 0 bridgehead atoms. The molecule has 2 N–H and O–H groups in total. The maximum absolute atomic E-state index is 10.4. The van der Waals surface area contributed by atoms with Gasteiger partial charge in [0.05, 0.1) is 30.8 Å². The quantitative estimate of drug-likeness (QED) is 0.803. The van der Waals surface area contributed by atoms with Gasteiger partial charge < -0.3 is 15.0 Å². The lowest BCUT2D eigenvalue weighted by molar-refractivity contribution is -0.105. The van der Waals surface area contributed by atoms with Crippen molar-refractivity contribution < 1.29 is 9.53 Å². The van der Waals surface area contributed by atoms with Crippen LogP contribution in [0.3, 0.4) is 0 Å². The molecule has 6 nitrogen and oxygen atoms in total. The van der Waals surface area contributed by atoms with Crippen LogP contribution in [0.25, 0.3) is 11.0 Å². The molecule has 100 valence electrons. The third-order valence-electron chi connectivity index (χ3n) is 3.23. The highest BCUT2D eigenvalue weighted by molar-refractivity contribution is 5.83. The summed E-state index contributed by atoms with van der Waals surface area (Å²) in [6.45, 7) is 4.25. The lowest BCUT2D eigenvalue weighted by atomic mass is 10.3. The molecule has 0 spiro atoms. The second-order valence-corrected chi connectivity index (χ2v) is 4.57. The molecule has 2 aromatic rings. The molecule has 1 aromatic carbocycles. The van der Waals surface area contributed by atoms with Crippen molar-refractivity contribution in [1.82, 2.24) is 14.9 Å². The molecule has 1 aliphatic heterocycles. The Morgan fingerprint density at radius 2 is 2.26 bits per heavy atom. The molecule has 0 atom stereocenters. The van der Waals surface area contributed by atoms with E-state index in [1.165, 1.54) is 0 Å². The number of amides is 1. The van der Waals surface area contributed by atoms with E-state index in [1.54, 1.807) is 0 Å². The second-order valence-electron chi connectivity index (χ2n) is 4.57. The molecule has 1 aromatic heterocycles. The number of hydrogen-bond acceptors (Lipinski definition) is 4. The molecule has 1 amide bonds. The SMILES string of the molecule is O=CNc1ccc2nc(CN3CCOCC3)[nH]c2c1. The molecule has 19 heavy (non-hydrogen) atoms. The van der Waals surface area contributed by atoms with Gasteiger partial charge in [-0.05, 0) is 18.2 Å². The van der Waals surface area contributed by atoms with Crippen molar-refractivity contribution in [3.05, 3.63) is 24.0 Å². The van der Waals surface area contributed by atoms with Crippen LogP contribution in [0.1, 0.15) is 5.82 Å². The zero-order valence-electron chi connectivity index (χ0n) is 10.6. The van der Waals surface area contributed by atoms with E-state index in [-0.39, 0.29) is 0 Å². The molecule has 6 heteroatoms. The van der Waals surface area contributed by atoms with E-state index in [4.69, 9.17) is 4.74 Å². The number of ether oxygens (including phenoxy) is 1. The minimum atomic E-state index is 0.673. The second kappa shape index (κ2) is 5.38. The Morgan fingerprint density at radius 1 is 1.42 bits per heavy atom. The highest BCUT2D eigenvalue weighted by Gasteiger charge is 2.13. The largest absolute Gasteiger partial charge is 0.379 e. The fourth-order valence-electron chi connectivity index (χ4n) is 2.27. The van der Waals surface area contributed by atoms with Gasteiger partial charge >= 0.3 is 0 Å². The summed E-state index contributed by atoms with van der Waals surface area (Å²) >= 11 is 0. The monoisotopic (exact) mass is 260 g/mol. The van der Waals surface area contributed by atoms with Gasteiger partial charge in [0.15, 0.2) is 0 Å². The summed E-state index contributed by atoms with van der Waals surface area (Å²) in [6.07, 6.45) is 0.673. The Labute approximate surface area is 110 Å². The first kappa shape index (κ1) is 12.1. The zero-order valence-corrected chi connectivity index (χ0v) is 10.6. The maximum Gasteiger partial charge on any atom is 0.211 e. The first-order valence-electron chi connectivity index (χ1n) is 6.34. The van der Waals surface area contributed by atoms with Crippen molar-refractivity contribution in [2.24, 2.45) is 0 Å². The van der Waals surface area contributed by atoms with Gasteiger partial charge in [0.2, 0.25) is 6.41 Å². The summed E-state index contributed by atoms with van der Waals surface area (Å²) in [5, 5.41) is 2.64. The Morgan fingerprint density at radius 3 is 3.05 bits per heavy atom. The summed E-state index contributed by atoms with van der Waals surface area (Å²) in [4.78, 5) is 20.6. The van der Waals surface area contributed by atoms with E-state index in [9.17, 15) is 4.79 Å². The van der Waals surface area contributed by atoms with Gasteiger partial charge in [0.1, 0.15) is 5.82 Å². The summed E-state index contributed by atoms with van der Waals surface area (Å²) in [5.41, 5.74) is 2.62. The van der Waals surface area contributed by atoms with Gasteiger partial charge in [-0.25, -0.2) is 4.98 Å². The number of anilines is 1. The van der Waals surface area contributed by atoms with Crippen molar-refractivity contribution in [1.29, 1.82) is 0 Å². The van der Waals surface area contributed by atoms with Crippen molar-refractivity contribution in [2.75, 3.05) is 31.6 Å². The lowest BCUT2D eigenvalue weighted by Gasteiger charge is -2.25. The number of fused-ring (bicyclic) bond motifs is 1. The van der Waals surface area contributed by atoms with E-state index in [2.05, 4.69) is 20.2 Å². The molecule has 0 unspecified atom stereocenters. The number of morpholine rings is 1. The van der Waals surface area contributed by atoms with E-state index >= 15 is 0 Å². The van der Waals surface area contributed by atoms with E-state index in [1.807, 2.05) is 18.2 Å². The van der Waals surface area contributed by atoms with Crippen molar-refractivity contribution >= 4 is 23.1 Å². The summed E-state index contributed by atoms with van der Waals surface area (Å²) < 4.78 is 5.33. The molecule has 1 saturated heterocycles. The number of hydrogen-bond donors (Lipinski definition) is 2. The third kappa shape index (κ3) is 2.74. The van der Waals surface area contributed by atoms with E-state index in [0.717, 1.165) is 55.4 Å². The first-order valence-corrected chi connectivity index (χ1v) is 6.34. The van der Waals surface area contributed by atoms with Crippen LogP contribution < -0.4 is 5.32 Å². The molecule has 2 heterocycles. The molecule has 0 radical (unpaired) electrons. The predicted molar refractivity (Wildman–Crippen MR) is 71.9 cm³/mol. The number of aromatic amines is 1. The van der Waals surface area contributed by atoms with Crippen LogP contribution in [-0.4, -0.2) is 47.6 Å². The minimum absolute atomic E-state index is 0.673. The van der Waals surface area contributed by atoms with E-state index < -0.39 is 0 Å². The highest BCUT2D eigenvalue weighted by Crippen LogP contribution is 2.17. The van der Waals surface area contributed by atoms with Crippen LogP contribution in [0.4, 0.5) is 5.69 Å². The van der Waals surface area contributed by atoms with Gasteiger partial charge in [-0.15, -0.1) is 0 Å². The molecular weight excluding hydrogens is 244 g/mol. The van der Waals surface area contributed by atoms with Crippen molar-refractivity contribution in [2.45, 2.75) is 6.54 Å². The van der Waals surface area contributed by atoms with Crippen LogP contribution >= 0.6 is 0 Å². The Balaban J connectivity index is 1.78. The van der Waals surface area contributed by atoms with Crippen LogP contribution in [0, 0.1) is 0 Å². The molecule has 0 saturated carbocycles. The van der Waals surface area contributed by atoms with Gasteiger partial charge in [0.25, 0.3) is 0 Å². The topological polar surface area (TPSA) is 70.2 Å². The summed E-state index contributed by atoms with van der Waals surface area (Å²) in [7, 11) is 0. The number of nitrogens with zero attached hydrogens (tertiary/aromatic N) is 2. The Kier molecular flexibility index (Phi) is 3.43. The van der Waals surface area contributed by atoms with Gasteiger partial charge in [-0.1, -0.05) is 0 Å². The van der Waals surface area contributed by atoms with Crippen LogP contribution in [0.5, 0.6) is 0 Å². The maximum atomic E-state index is 10.4. The number of carbonyl (C=O) groups is 1. The number of rotatable bonds is 4. The number of imidazole rings is 1. The van der Waals surface area contributed by atoms with Crippen LogP contribution in [-0.2, 0) is 16.1 Å². The summed E-state index contributed by atoms with van der Waals surface area (Å²) in [6, 6.07) is 5.64. The standard InChI is InChI=1S/C13H16N4O2/c18-9-14-10-1-2-11-12(7-10)16-13(15-11)8-17-3-5-19-6-4-17/h1-2,7,9H,3-6,8H2,(H,14,18)(H,15,16). The molecular formula is C13H16N4O2. The first-order chi connectivity index (χ1) is 9.35. The minimum Gasteiger partial charge on any atom is -0.379 e. The number of H-pyrrole nitrogens is 1. The summed E-state index contributed by atoms with van der Waals surface area (Å²) in [5.74, 6) is 0.945. The molecule has 1 aliphatic rings. The van der Waals surface area contributed by atoms with Gasteiger partial charge in [0, 0.05) is 18.8 Å². The average molecular weight is 260 g/mol. The normalized spacial score (nSPS) is 16.6. The smallest absolute Gasteiger partial charge is 0.211 e. The number of nitrogens with one attached hydrogen (secondary N) is 2. The average Bonchev–Trinajstić information content (AvgIpc) is 2.82. The molecule has 3 rings (SSSR count). The fourth-order valence-corrected chi connectivity index (χ4v) is 2.27. The predicted octanol–water partition coefficient (Wildman–Crippen LogP) is 0.963. The Hall–Kier alpha value is -1.92. The molecule has 0 aliphatic carbocycles. The van der Waals surface area contributed by atoms with E-state index in [0.29, 0.717) is 6.41 Å². The number of carbonyl (C=O) groups excluding carboxylic acids is 1. The third-order valence-corrected chi connectivity index (χ3v) is 3.23. The van der Waals surface area contributed by atoms with Crippen LogP contribution in [0.2, 0.25) is 0 Å². The lowest BCUT2D eigenvalue weighted by Crippen LogP contribution is -2.35. The Bertz CT molecular complexity index is 575. The highest BCUT2D eigenvalue weighted by atomic mass is 16.5. The van der Waals surface area contributed by atoms with Gasteiger partial charge in [-0.2, -0.15) is 0 Å². The number of benzene rings is 1. The van der Waals surface area contributed by atoms with Crippen molar-refractivity contribution in [3.8, 4) is 0 Å². The number of aromatic nitrogens is 2. The molecule has 1 fully saturated rings. The zero-order chi connectivity index (χ0) is 13.1. The van der Waals surface area contributed by atoms with Crippen LogP contribution in [0.15, 0.2) is 18.2 Å². The van der Waals surface area contributed by atoms with Crippen molar-refractivity contribution in [3.63, 3.8) is 0 Å². The van der Waals surface area contributed by atoms with Gasteiger partial charge in [-0.3, -0.25) is 9.69 Å².